The van der Waals surface area contributed by atoms with E-state index >= 15 is 0 Å². The molecule has 1 heterocycles. The Morgan fingerprint density at radius 2 is 2.37 bits per heavy atom. The van der Waals surface area contributed by atoms with Crippen LogP contribution < -0.4 is 16.0 Å². The minimum Gasteiger partial charge on any atom is -0.370 e. The molecule has 0 radical (unpaired) electrons. The first-order chi connectivity index (χ1) is 9.11. The molecule has 4 nitrogen and oxygen atoms in total. The van der Waals surface area contributed by atoms with Crippen molar-refractivity contribution < 1.29 is 4.79 Å². The maximum absolute atomic E-state index is 11.3. The van der Waals surface area contributed by atoms with Gasteiger partial charge in [0.05, 0.1) is 16.6 Å². The maximum atomic E-state index is 11.3. The van der Waals surface area contributed by atoms with Crippen molar-refractivity contribution in [2.24, 2.45) is 11.7 Å². The fraction of sp³-hybridized carbons (Fsp3) is 0.500. The van der Waals surface area contributed by atoms with Crippen molar-refractivity contribution in [3.63, 3.8) is 0 Å². The summed E-state index contributed by atoms with van der Waals surface area (Å²) in [4.78, 5) is 13.5. The van der Waals surface area contributed by atoms with Crippen molar-refractivity contribution in [3.8, 4) is 0 Å². The Kier molecular flexibility index (Phi) is 4.66. The van der Waals surface area contributed by atoms with Gasteiger partial charge in [-0.25, -0.2) is 0 Å². The maximum Gasteiger partial charge on any atom is 0.222 e. The number of amides is 1. The summed E-state index contributed by atoms with van der Waals surface area (Å²) in [7, 11) is 1.91. The summed E-state index contributed by atoms with van der Waals surface area (Å²) in [5.41, 5.74) is 7.55. The van der Waals surface area contributed by atoms with Gasteiger partial charge in [-0.2, -0.15) is 0 Å². The highest BCUT2D eigenvalue weighted by Crippen LogP contribution is 2.30. The van der Waals surface area contributed by atoms with Gasteiger partial charge in [0.2, 0.25) is 5.91 Å². The molecule has 0 aromatic heterocycles. The highest BCUT2D eigenvalue weighted by molar-refractivity contribution is 6.33. The van der Waals surface area contributed by atoms with Crippen LogP contribution in [0.15, 0.2) is 18.2 Å². The van der Waals surface area contributed by atoms with Gasteiger partial charge in [0, 0.05) is 19.6 Å². The van der Waals surface area contributed by atoms with Gasteiger partial charge in [-0.15, -0.1) is 0 Å². The topological polar surface area (TPSA) is 58.4 Å². The molecule has 3 N–H and O–H groups in total. The molecule has 1 saturated heterocycles. The normalized spacial score (nSPS) is 19.5. The van der Waals surface area contributed by atoms with Crippen LogP contribution in [-0.4, -0.2) is 26.0 Å². The molecule has 1 aliphatic heterocycles. The monoisotopic (exact) mass is 281 g/mol. The number of nitrogens with two attached hydrogens (primary N) is 1. The third-order valence-corrected chi connectivity index (χ3v) is 3.86. The van der Waals surface area contributed by atoms with Gasteiger partial charge in [-0.3, -0.25) is 4.79 Å². The lowest BCUT2D eigenvalue weighted by atomic mass is 9.97. The predicted octanol–water partition coefficient (Wildman–Crippen LogP) is 1.76. The molecule has 1 aliphatic rings. The first kappa shape index (κ1) is 14.2. The summed E-state index contributed by atoms with van der Waals surface area (Å²) >= 11 is 6.34. The number of benzene rings is 1. The Balaban J connectivity index is 2.14. The van der Waals surface area contributed by atoms with Crippen LogP contribution in [0.25, 0.3) is 0 Å². The van der Waals surface area contributed by atoms with E-state index in [-0.39, 0.29) is 11.8 Å². The zero-order valence-electron chi connectivity index (χ0n) is 11.2. The predicted molar refractivity (Wildman–Crippen MR) is 78.3 cm³/mol. The number of halogens is 1. The minimum absolute atomic E-state index is 0.0678. The van der Waals surface area contributed by atoms with E-state index in [0.29, 0.717) is 6.54 Å². The van der Waals surface area contributed by atoms with E-state index in [2.05, 4.69) is 16.3 Å². The summed E-state index contributed by atoms with van der Waals surface area (Å²) in [5, 5.41) is 3.83. The summed E-state index contributed by atoms with van der Waals surface area (Å²) in [6.07, 6.45) is 1.85. The Hall–Kier alpha value is -1.26. The standard InChI is InChI=1S/C14H20ClN3O/c1-17-8-10-4-5-13(12(15)7-10)18-6-2-3-11(9-18)14(16)19/h4-5,7,11,17H,2-3,6,8-9H2,1H3,(H2,16,19). The van der Waals surface area contributed by atoms with Crippen LogP contribution in [0.2, 0.25) is 5.02 Å². The van der Waals surface area contributed by atoms with Crippen molar-refractivity contribution in [1.82, 2.24) is 5.32 Å². The van der Waals surface area contributed by atoms with E-state index in [0.717, 1.165) is 42.2 Å². The Morgan fingerprint density at radius 1 is 1.58 bits per heavy atom. The molecule has 1 fully saturated rings. The molecule has 104 valence electrons. The van der Waals surface area contributed by atoms with Gasteiger partial charge in [-0.1, -0.05) is 17.7 Å². The van der Waals surface area contributed by atoms with Crippen LogP contribution in [0.3, 0.4) is 0 Å². The second kappa shape index (κ2) is 6.26. The van der Waals surface area contributed by atoms with Crippen LogP contribution in [-0.2, 0) is 11.3 Å². The van der Waals surface area contributed by atoms with Crippen molar-refractivity contribution in [2.75, 3.05) is 25.0 Å². The van der Waals surface area contributed by atoms with Gasteiger partial charge >= 0.3 is 0 Å². The lowest BCUT2D eigenvalue weighted by molar-refractivity contribution is -0.122. The fourth-order valence-electron chi connectivity index (χ4n) is 2.55. The van der Waals surface area contributed by atoms with Crippen molar-refractivity contribution >= 4 is 23.2 Å². The van der Waals surface area contributed by atoms with Crippen LogP contribution in [0.4, 0.5) is 5.69 Å². The van der Waals surface area contributed by atoms with Crippen molar-refractivity contribution in [2.45, 2.75) is 19.4 Å². The number of anilines is 1. The number of nitrogens with zero attached hydrogens (tertiary/aromatic N) is 1. The molecule has 0 saturated carbocycles. The first-order valence-electron chi connectivity index (χ1n) is 6.59. The Labute approximate surface area is 118 Å². The molecule has 0 aliphatic carbocycles. The zero-order chi connectivity index (χ0) is 13.8. The third-order valence-electron chi connectivity index (χ3n) is 3.56. The van der Waals surface area contributed by atoms with Crippen LogP contribution in [0, 0.1) is 5.92 Å². The highest BCUT2D eigenvalue weighted by atomic mass is 35.5. The number of piperidine rings is 1. The second-order valence-corrected chi connectivity index (χ2v) is 5.41. The van der Waals surface area contributed by atoms with E-state index in [4.69, 9.17) is 17.3 Å². The molecule has 1 atom stereocenters. The van der Waals surface area contributed by atoms with E-state index in [1.807, 2.05) is 19.2 Å². The number of hydrogen-bond acceptors (Lipinski definition) is 3. The quantitative estimate of drug-likeness (QED) is 0.884. The van der Waals surface area contributed by atoms with Gasteiger partial charge in [0.1, 0.15) is 0 Å². The summed E-state index contributed by atoms with van der Waals surface area (Å²) in [5.74, 6) is -0.283. The van der Waals surface area contributed by atoms with Gasteiger partial charge in [0.25, 0.3) is 0 Å². The van der Waals surface area contributed by atoms with Crippen LogP contribution in [0.5, 0.6) is 0 Å². The molecular formula is C14H20ClN3O. The smallest absolute Gasteiger partial charge is 0.222 e. The van der Waals surface area contributed by atoms with Crippen molar-refractivity contribution in [1.29, 1.82) is 0 Å². The average Bonchev–Trinajstić information content (AvgIpc) is 2.39. The molecule has 1 unspecified atom stereocenters. The Morgan fingerprint density at radius 3 is 3.00 bits per heavy atom. The number of hydrogen-bond donors (Lipinski definition) is 2. The lowest BCUT2D eigenvalue weighted by Crippen LogP contribution is -2.41. The first-order valence-corrected chi connectivity index (χ1v) is 6.97. The molecule has 19 heavy (non-hydrogen) atoms. The number of nitrogens with one attached hydrogen (secondary N) is 1. The fourth-order valence-corrected chi connectivity index (χ4v) is 2.87. The summed E-state index contributed by atoms with van der Waals surface area (Å²) < 4.78 is 0. The second-order valence-electron chi connectivity index (χ2n) is 5.00. The third kappa shape index (κ3) is 3.39. The number of primary amides is 1. The molecule has 0 bridgehead atoms. The number of rotatable bonds is 4. The highest BCUT2D eigenvalue weighted by Gasteiger charge is 2.25. The number of carbonyl (C=O) groups excluding carboxylic acids is 1. The van der Waals surface area contributed by atoms with Gasteiger partial charge in [-0.05, 0) is 37.6 Å². The molecule has 5 heteroatoms. The molecule has 0 spiro atoms. The minimum atomic E-state index is -0.215. The van der Waals surface area contributed by atoms with E-state index in [1.165, 1.54) is 0 Å². The van der Waals surface area contributed by atoms with Crippen molar-refractivity contribution in [3.05, 3.63) is 28.8 Å². The van der Waals surface area contributed by atoms with E-state index < -0.39 is 0 Å². The van der Waals surface area contributed by atoms with Gasteiger partial charge in [0.15, 0.2) is 0 Å². The molecule has 1 aromatic carbocycles. The molecular weight excluding hydrogens is 262 g/mol. The lowest BCUT2D eigenvalue weighted by Gasteiger charge is -2.33. The summed E-state index contributed by atoms with van der Waals surface area (Å²) in [6.45, 7) is 2.39. The molecule has 1 aromatic rings. The molecule has 2 rings (SSSR count). The van der Waals surface area contributed by atoms with E-state index in [9.17, 15) is 4.79 Å². The van der Waals surface area contributed by atoms with Crippen LogP contribution >= 0.6 is 11.6 Å². The SMILES string of the molecule is CNCc1ccc(N2CCCC(C(N)=O)C2)c(Cl)c1. The van der Waals surface area contributed by atoms with Gasteiger partial charge < -0.3 is 16.0 Å². The van der Waals surface area contributed by atoms with E-state index in [1.54, 1.807) is 0 Å². The Bertz CT molecular complexity index is 464. The zero-order valence-corrected chi connectivity index (χ0v) is 11.9. The van der Waals surface area contributed by atoms with Crippen LogP contribution in [0.1, 0.15) is 18.4 Å². The molecule has 1 amide bonds. The number of carbonyl (C=O) groups is 1. The largest absolute Gasteiger partial charge is 0.370 e. The summed E-state index contributed by atoms with van der Waals surface area (Å²) in [6, 6.07) is 6.06. The average molecular weight is 282 g/mol.